The molecule has 19 heavy (non-hydrogen) atoms. The number of aryl methyl sites for hydroxylation is 1. The summed E-state index contributed by atoms with van der Waals surface area (Å²) in [6.45, 7) is 3.55. The van der Waals surface area contributed by atoms with Crippen molar-refractivity contribution >= 4 is 5.97 Å². The second-order valence-corrected chi connectivity index (χ2v) is 4.62. The van der Waals surface area contributed by atoms with Crippen molar-refractivity contribution in [3.63, 3.8) is 0 Å². The third-order valence-electron chi connectivity index (χ3n) is 2.88. The number of hydrogen-bond donors (Lipinski definition) is 1. The highest BCUT2D eigenvalue weighted by molar-refractivity contribution is 5.69. The van der Waals surface area contributed by atoms with Gasteiger partial charge in [-0.25, -0.2) is 9.97 Å². The summed E-state index contributed by atoms with van der Waals surface area (Å²) >= 11 is 0. The molecule has 4 nitrogen and oxygen atoms in total. The number of hydrogen-bond acceptors (Lipinski definition) is 3. The predicted octanol–water partition coefficient (Wildman–Crippen LogP) is 2.72. The molecule has 4 heteroatoms. The van der Waals surface area contributed by atoms with Crippen LogP contribution in [0.15, 0.2) is 36.4 Å². The zero-order valence-electron chi connectivity index (χ0n) is 11.0. The Bertz CT molecular complexity index is 582. The fourth-order valence-corrected chi connectivity index (χ4v) is 1.84. The lowest BCUT2D eigenvalue weighted by Crippen LogP contribution is -2.14. The van der Waals surface area contributed by atoms with E-state index in [0.717, 1.165) is 17.0 Å². The van der Waals surface area contributed by atoms with Gasteiger partial charge in [-0.15, -0.1) is 0 Å². The van der Waals surface area contributed by atoms with Crippen LogP contribution in [-0.2, 0) is 11.2 Å². The lowest BCUT2D eigenvalue weighted by Gasteiger charge is -2.08. The predicted molar refractivity (Wildman–Crippen MR) is 72.7 cm³/mol. The summed E-state index contributed by atoms with van der Waals surface area (Å²) in [4.78, 5) is 19.6. The molecule has 1 heterocycles. The van der Waals surface area contributed by atoms with Crippen molar-refractivity contribution in [1.29, 1.82) is 0 Å². The molecule has 2 rings (SSSR count). The molecular weight excluding hydrogens is 240 g/mol. The average Bonchev–Trinajstić information content (AvgIpc) is 2.39. The van der Waals surface area contributed by atoms with Crippen LogP contribution in [0.5, 0.6) is 0 Å². The van der Waals surface area contributed by atoms with Gasteiger partial charge >= 0.3 is 5.97 Å². The number of aliphatic carboxylic acids is 1. The Hall–Kier alpha value is -2.23. The monoisotopic (exact) mass is 256 g/mol. The summed E-state index contributed by atoms with van der Waals surface area (Å²) in [7, 11) is 0. The topological polar surface area (TPSA) is 63.1 Å². The van der Waals surface area contributed by atoms with Crippen LogP contribution in [0.4, 0.5) is 0 Å². The van der Waals surface area contributed by atoms with Gasteiger partial charge in [-0.05, 0) is 13.0 Å². The number of carbonyl (C=O) groups is 1. The highest BCUT2D eigenvalue weighted by Crippen LogP contribution is 2.18. The SMILES string of the molecule is Cc1cc(-c2ccccc2)nc(CC(C)C(=O)O)n1. The van der Waals surface area contributed by atoms with E-state index in [4.69, 9.17) is 5.11 Å². The molecule has 2 aromatic rings. The standard InChI is InChI=1S/C15H16N2O2/c1-10(15(18)19)8-14-16-11(2)9-13(17-14)12-6-4-3-5-7-12/h3-7,9-10H,8H2,1-2H3,(H,18,19). The van der Waals surface area contributed by atoms with Crippen molar-refractivity contribution < 1.29 is 9.90 Å². The summed E-state index contributed by atoms with van der Waals surface area (Å²) in [5.41, 5.74) is 2.69. The maximum absolute atomic E-state index is 10.9. The molecule has 0 aliphatic rings. The van der Waals surface area contributed by atoms with Crippen molar-refractivity contribution in [3.8, 4) is 11.3 Å². The highest BCUT2D eigenvalue weighted by atomic mass is 16.4. The summed E-state index contributed by atoms with van der Waals surface area (Å²) in [5, 5.41) is 8.94. The van der Waals surface area contributed by atoms with Gasteiger partial charge in [0.15, 0.2) is 0 Å². The number of carboxylic acid groups (broad SMARTS) is 1. The minimum absolute atomic E-state index is 0.344. The Morgan fingerprint density at radius 3 is 2.58 bits per heavy atom. The normalized spacial score (nSPS) is 12.1. The Kier molecular flexibility index (Phi) is 3.90. The molecule has 0 aliphatic carbocycles. The summed E-state index contributed by atoms with van der Waals surface area (Å²) in [6.07, 6.45) is 0.344. The zero-order chi connectivity index (χ0) is 13.8. The van der Waals surface area contributed by atoms with Crippen LogP contribution in [0.25, 0.3) is 11.3 Å². The second kappa shape index (κ2) is 5.61. The average molecular weight is 256 g/mol. The first-order valence-electron chi connectivity index (χ1n) is 6.19. The molecule has 98 valence electrons. The van der Waals surface area contributed by atoms with E-state index in [0.29, 0.717) is 12.2 Å². The Morgan fingerprint density at radius 2 is 1.95 bits per heavy atom. The Balaban J connectivity index is 2.32. The first-order chi connectivity index (χ1) is 9.06. The quantitative estimate of drug-likeness (QED) is 0.913. The highest BCUT2D eigenvalue weighted by Gasteiger charge is 2.14. The fourth-order valence-electron chi connectivity index (χ4n) is 1.84. The first-order valence-corrected chi connectivity index (χ1v) is 6.19. The molecule has 0 amide bonds. The number of benzene rings is 1. The minimum Gasteiger partial charge on any atom is -0.481 e. The molecule has 1 unspecified atom stereocenters. The first kappa shape index (κ1) is 13.2. The molecular formula is C15H16N2O2. The van der Waals surface area contributed by atoms with Gasteiger partial charge in [0.05, 0.1) is 11.6 Å². The maximum Gasteiger partial charge on any atom is 0.306 e. The smallest absolute Gasteiger partial charge is 0.306 e. The lowest BCUT2D eigenvalue weighted by atomic mass is 10.1. The van der Waals surface area contributed by atoms with Crippen LogP contribution >= 0.6 is 0 Å². The van der Waals surface area contributed by atoms with Gasteiger partial charge in [0.2, 0.25) is 0 Å². The van der Waals surface area contributed by atoms with Crippen LogP contribution < -0.4 is 0 Å². The summed E-state index contributed by atoms with van der Waals surface area (Å²) < 4.78 is 0. The van der Waals surface area contributed by atoms with Gasteiger partial charge in [-0.2, -0.15) is 0 Å². The number of rotatable bonds is 4. The fraction of sp³-hybridized carbons (Fsp3) is 0.267. The summed E-state index contributed by atoms with van der Waals surface area (Å²) in [6, 6.07) is 11.7. The van der Waals surface area contributed by atoms with Crippen molar-refractivity contribution in [2.24, 2.45) is 5.92 Å². The van der Waals surface area contributed by atoms with Crippen LogP contribution in [0, 0.1) is 12.8 Å². The van der Waals surface area contributed by atoms with Gasteiger partial charge in [-0.1, -0.05) is 37.3 Å². The molecule has 1 aromatic heterocycles. The third-order valence-corrected chi connectivity index (χ3v) is 2.88. The Morgan fingerprint density at radius 1 is 1.26 bits per heavy atom. The van der Waals surface area contributed by atoms with E-state index >= 15 is 0 Å². The molecule has 0 fully saturated rings. The molecule has 1 aromatic carbocycles. The van der Waals surface area contributed by atoms with Crippen molar-refractivity contribution in [2.45, 2.75) is 20.3 Å². The van der Waals surface area contributed by atoms with Crippen LogP contribution in [-0.4, -0.2) is 21.0 Å². The Labute approximate surface area is 112 Å². The number of nitrogens with zero attached hydrogens (tertiary/aromatic N) is 2. The van der Waals surface area contributed by atoms with Crippen LogP contribution in [0.2, 0.25) is 0 Å². The van der Waals surface area contributed by atoms with Gasteiger partial charge in [0.25, 0.3) is 0 Å². The molecule has 1 N–H and O–H groups in total. The lowest BCUT2D eigenvalue weighted by molar-refractivity contribution is -0.141. The van der Waals surface area contributed by atoms with E-state index in [1.165, 1.54) is 0 Å². The van der Waals surface area contributed by atoms with Gasteiger partial charge in [0.1, 0.15) is 5.82 Å². The van der Waals surface area contributed by atoms with E-state index in [-0.39, 0.29) is 0 Å². The molecule has 0 radical (unpaired) electrons. The van der Waals surface area contributed by atoms with Crippen molar-refractivity contribution in [3.05, 3.63) is 47.9 Å². The van der Waals surface area contributed by atoms with E-state index < -0.39 is 11.9 Å². The molecule has 0 aliphatic heterocycles. The van der Waals surface area contributed by atoms with Crippen LogP contribution in [0.3, 0.4) is 0 Å². The third kappa shape index (κ3) is 3.37. The zero-order valence-corrected chi connectivity index (χ0v) is 11.0. The van der Waals surface area contributed by atoms with Gasteiger partial charge < -0.3 is 5.11 Å². The summed E-state index contributed by atoms with van der Waals surface area (Å²) in [5.74, 6) is -0.731. The maximum atomic E-state index is 10.9. The second-order valence-electron chi connectivity index (χ2n) is 4.62. The molecule has 0 saturated carbocycles. The van der Waals surface area contributed by atoms with Gasteiger partial charge in [-0.3, -0.25) is 4.79 Å². The number of carboxylic acids is 1. The largest absolute Gasteiger partial charge is 0.481 e. The van der Waals surface area contributed by atoms with E-state index in [9.17, 15) is 4.79 Å². The van der Waals surface area contributed by atoms with Gasteiger partial charge in [0, 0.05) is 17.7 Å². The number of aromatic nitrogens is 2. The molecule has 0 spiro atoms. The molecule has 0 bridgehead atoms. The molecule has 1 atom stereocenters. The van der Waals surface area contributed by atoms with E-state index in [1.54, 1.807) is 6.92 Å². The van der Waals surface area contributed by atoms with Crippen molar-refractivity contribution in [2.75, 3.05) is 0 Å². The van der Waals surface area contributed by atoms with E-state index in [1.807, 2.05) is 43.3 Å². The van der Waals surface area contributed by atoms with E-state index in [2.05, 4.69) is 9.97 Å². The molecule has 0 saturated heterocycles. The minimum atomic E-state index is -0.827. The van der Waals surface area contributed by atoms with Crippen LogP contribution in [0.1, 0.15) is 18.4 Å². The van der Waals surface area contributed by atoms with Crippen molar-refractivity contribution in [1.82, 2.24) is 9.97 Å².